The first kappa shape index (κ1) is 15.1. The van der Waals surface area contributed by atoms with E-state index in [4.69, 9.17) is 4.74 Å². The molecular weight excluding hydrogens is 308 g/mol. The van der Waals surface area contributed by atoms with Gasteiger partial charge in [0.15, 0.2) is 0 Å². The van der Waals surface area contributed by atoms with Crippen LogP contribution in [0, 0.1) is 0 Å². The second-order valence-electron chi connectivity index (χ2n) is 6.43. The van der Waals surface area contributed by atoms with Crippen molar-refractivity contribution in [1.82, 2.24) is 24.9 Å². The van der Waals surface area contributed by atoms with Gasteiger partial charge in [-0.25, -0.2) is 9.67 Å². The number of hydrogen-bond donors (Lipinski definition) is 0. The third-order valence-electron chi connectivity index (χ3n) is 4.67. The lowest BCUT2D eigenvalue weighted by Gasteiger charge is -2.40. The van der Waals surface area contributed by atoms with E-state index in [2.05, 4.69) is 15.3 Å². The van der Waals surface area contributed by atoms with Gasteiger partial charge in [-0.2, -0.15) is 0 Å². The molecule has 8 heteroatoms. The summed E-state index contributed by atoms with van der Waals surface area (Å²) in [4.78, 5) is 20.8. The predicted molar refractivity (Wildman–Crippen MR) is 86.7 cm³/mol. The maximum Gasteiger partial charge on any atom is 0.255 e. The summed E-state index contributed by atoms with van der Waals surface area (Å²) in [7, 11) is 3.85. The van der Waals surface area contributed by atoms with Crippen LogP contribution in [0.4, 0.5) is 5.82 Å². The molecule has 2 aliphatic rings. The number of hydrogen-bond acceptors (Lipinski definition) is 6. The summed E-state index contributed by atoms with van der Waals surface area (Å²) in [5, 5.41) is 8.12. The van der Waals surface area contributed by atoms with E-state index in [1.165, 1.54) is 0 Å². The number of carbonyl (C=O) groups excluding carboxylic acids is 1. The Balaban J connectivity index is 1.48. The standard InChI is InChI=1S/C16H20N6O2/c1-20(2)15-4-3-11(7-17-15)16(23)21-6-5-13-14(9-21)24-10-12-8-18-19-22(12)13/h3-4,7-8,13-14H,5-6,9-10H2,1-2H3/t13-,14-/m0/s1. The van der Waals surface area contributed by atoms with Gasteiger partial charge in [0.25, 0.3) is 5.91 Å². The number of carbonyl (C=O) groups is 1. The largest absolute Gasteiger partial charge is 0.368 e. The molecule has 0 aromatic carbocycles. The van der Waals surface area contributed by atoms with Crippen LogP contribution < -0.4 is 4.90 Å². The molecule has 0 saturated carbocycles. The van der Waals surface area contributed by atoms with E-state index in [0.29, 0.717) is 25.3 Å². The quantitative estimate of drug-likeness (QED) is 0.809. The molecule has 2 aromatic heterocycles. The smallest absolute Gasteiger partial charge is 0.255 e. The van der Waals surface area contributed by atoms with E-state index in [1.807, 2.05) is 40.7 Å². The summed E-state index contributed by atoms with van der Waals surface area (Å²) in [6.45, 7) is 1.74. The molecule has 4 rings (SSSR count). The fourth-order valence-electron chi connectivity index (χ4n) is 3.33. The average Bonchev–Trinajstić information content (AvgIpc) is 3.09. The van der Waals surface area contributed by atoms with Gasteiger partial charge in [0.2, 0.25) is 0 Å². The van der Waals surface area contributed by atoms with Crippen LogP contribution in [0.5, 0.6) is 0 Å². The SMILES string of the molecule is CN(C)c1ccc(C(=O)N2CC[C@H]3[C@H](C2)OCc2cnnn23)cn1. The number of amides is 1. The Morgan fingerprint density at radius 1 is 1.33 bits per heavy atom. The van der Waals surface area contributed by atoms with Crippen molar-refractivity contribution >= 4 is 11.7 Å². The molecule has 1 fully saturated rings. The Labute approximate surface area is 140 Å². The molecule has 2 atom stereocenters. The predicted octanol–water partition coefficient (Wildman–Crippen LogP) is 0.725. The van der Waals surface area contributed by atoms with Crippen molar-refractivity contribution in [2.75, 3.05) is 32.1 Å². The van der Waals surface area contributed by atoms with Crippen molar-refractivity contribution in [1.29, 1.82) is 0 Å². The van der Waals surface area contributed by atoms with Crippen molar-refractivity contribution < 1.29 is 9.53 Å². The van der Waals surface area contributed by atoms with E-state index < -0.39 is 0 Å². The molecule has 0 bridgehead atoms. The van der Waals surface area contributed by atoms with Gasteiger partial charge >= 0.3 is 0 Å². The first-order valence-electron chi connectivity index (χ1n) is 8.07. The lowest BCUT2D eigenvalue weighted by atomic mass is 9.99. The topological polar surface area (TPSA) is 76.4 Å². The number of piperidine rings is 1. The number of anilines is 1. The summed E-state index contributed by atoms with van der Waals surface area (Å²) < 4.78 is 7.86. The van der Waals surface area contributed by atoms with Crippen molar-refractivity contribution in [2.45, 2.75) is 25.2 Å². The zero-order valence-corrected chi connectivity index (χ0v) is 13.8. The van der Waals surface area contributed by atoms with Gasteiger partial charge in [0.1, 0.15) is 5.82 Å². The van der Waals surface area contributed by atoms with Crippen LogP contribution in [0.15, 0.2) is 24.5 Å². The minimum Gasteiger partial charge on any atom is -0.368 e. The summed E-state index contributed by atoms with van der Waals surface area (Å²) >= 11 is 0. The molecule has 0 N–H and O–H groups in total. The van der Waals surface area contributed by atoms with E-state index in [0.717, 1.165) is 17.9 Å². The third-order valence-corrected chi connectivity index (χ3v) is 4.67. The van der Waals surface area contributed by atoms with Gasteiger partial charge in [-0.1, -0.05) is 5.21 Å². The molecule has 24 heavy (non-hydrogen) atoms. The summed E-state index contributed by atoms with van der Waals surface area (Å²) in [5.41, 5.74) is 1.61. The van der Waals surface area contributed by atoms with Crippen molar-refractivity contribution in [3.8, 4) is 0 Å². The maximum absolute atomic E-state index is 12.7. The molecule has 126 valence electrons. The highest BCUT2D eigenvalue weighted by Gasteiger charge is 2.37. The first-order chi connectivity index (χ1) is 11.6. The molecule has 8 nitrogen and oxygen atoms in total. The normalized spacial score (nSPS) is 22.7. The Morgan fingerprint density at radius 2 is 2.21 bits per heavy atom. The monoisotopic (exact) mass is 328 g/mol. The summed E-state index contributed by atoms with van der Waals surface area (Å²) in [6, 6.07) is 3.85. The van der Waals surface area contributed by atoms with Gasteiger partial charge < -0.3 is 14.5 Å². The number of pyridine rings is 1. The zero-order chi connectivity index (χ0) is 16.7. The lowest BCUT2D eigenvalue weighted by molar-refractivity contribution is -0.0627. The fraction of sp³-hybridized carbons (Fsp3) is 0.500. The van der Waals surface area contributed by atoms with E-state index >= 15 is 0 Å². The van der Waals surface area contributed by atoms with E-state index in [9.17, 15) is 4.79 Å². The Bertz CT molecular complexity index is 741. The molecule has 1 saturated heterocycles. The second kappa shape index (κ2) is 5.86. The summed E-state index contributed by atoms with van der Waals surface area (Å²) in [6.07, 6.45) is 4.16. The fourth-order valence-corrected chi connectivity index (χ4v) is 3.33. The van der Waals surface area contributed by atoms with Gasteiger partial charge in [-0.3, -0.25) is 4.79 Å². The third kappa shape index (κ3) is 2.52. The molecule has 2 aliphatic heterocycles. The highest BCUT2D eigenvalue weighted by Crippen LogP contribution is 2.30. The molecule has 2 aromatic rings. The van der Waals surface area contributed by atoms with Crippen molar-refractivity contribution in [3.63, 3.8) is 0 Å². The summed E-state index contributed by atoms with van der Waals surface area (Å²) in [5.74, 6) is 0.832. The van der Waals surface area contributed by atoms with Crippen molar-refractivity contribution in [3.05, 3.63) is 35.8 Å². The number of nitrogens with zero attached hydrogens (tertiary/aromatic N) is 6. The molecule has 1 amide bonds. The van der Waals surface area contributed by atoms with Crippen LogP contribution >= 0.6 is 0 Å². The van der Waals surface area contributed by atoms with Gasteiger partial charge in [0.05, 0.1) is 36.2 Å². The molecule has 0 spiro atoms. The van der Waals surface area contributed by atoms with Crippen LogP contribution in [0.3, 0.4) is 0 Å². The minimum atomic E-state index is -0.0362. The van der Waals surface area contributed by atoms with Crippen LogP contribution in [0.1, 0.15) is 28.5 Å². The molecule has 4 heterocycles. The number of likely N-dealkylation sites (tertiary alicyclic amines) is 1. The second-order valence-corrected chi connectivity index (χ2v) is 6.43. The average molecular weight is 328 g/mol. The lowest BCUT2D eigenvalue weighted by Crippen LogP contribution is -2.50. The Hall–Kier alpha value is -2.48. The number of aromatic nitrogens is 4. The zero-order valence-electron chi connectivity index (χ0n) is 13.8. The van der Waals surface area contributed by atoms with Crippen molar-refractivity contribution in [2.24, 2.45) is 0 Å². The minimum absolute atomic E-state index is 0.000701. The molecule has 0 aliphatic carbocycles. The number of ether oxygens (including phenoxy) is 1. The van der Waals surface area contributed by atoms with Crippen LogP contribution in [0.25, 0.3) is 0 Å². The number of rotatable bonds is 2. The Kier molecular flexibility index (Phi) is 3.68. The Morgan fingerprint density at radius 3 is 2.96 bits per heavy atom. The van der Waals surface area contributed by atoms with Gasteiger partial charge in [-0.05, 0) is 18.6 Å². The highest BCUT2D eigenvalue weighted by atomic mass is 16.5. The van der Waals surface area contributed by atoms with Crippen LogP contribution in [-0.4, -0.2) is 64.1 Å². The molecular formula is C16H20N6O2. The van der Waals surface area contributed by atoms with Gasteiger partial charge in [0, 0.05) is 33.4 Å². The number of fused-ring (bicyclic) bond motifs is 3. The van der Waals surface area contributed by atoms with E-state index in [1.54, 1.807) is 12.4 Å². The molecule has 0 unspecified atom stereocenters. The molecule has 0 radical (unpaired) electrons. The van der Waals surface area contributed by atoms with E-state index in [-0.39, 0.29) is 18.1 Å². The highest BCUT2D eigenvalue weighted by molar-refractivity contribution is 5.94. The van der Waals surface area contributed by atoms with Crippen LogP contribution in [0.2, 0.25) is 0 Å². The van der Waals surface area contributed by atoms with Gasteiger partial charge in [-0.15, -0.1) is 5.10 Å². The van der Waals surface area contributed by atoms with Crippen LogP contribution in [-0.2, 0) is 11.3 Å². The first-order valence-corrected chi connectivity index (χ1v) is 8.07. The maximum atomic E-state index is 12.7.